The predicted molar refractivity (Wildman–Crippen MR) is 89.4 cm³/mol. The summed E-state index contributed by atoms with van der Waals surface area (Å²) in [5, 5.41) is 8.52. The average molecular weight is 308 g/mol. The second-order valence-corrected chi connectivity index (χ2v) is 8.13. The SMILES string of the molecule is CC(C)(C)C1CCCCC1NCC(=O)NCc1cccs1. The summed E-state index contributed by atoms with van der Waals surface area (Å²) in [6.45, 7) is 8.02. The summed E-state index contributed by atoms with van der Waals surface area (Å²) in [5.74, 6) is 0.762. The highest BCUT2D eigenvalue weighted by atomic mass is 32.1. The third-order valence-electron chi connectivity index (χ3n) is 4.44. The van der Waals surface area contributed by atoms with Gasteiger partial charge in [0, 0.05) is 10.9 Å². The van der Waals surface area contributed by atoms with Crippen molar-refractivity contribution in [2.24, 2.45) is 11.3 Å². The first-order chi connectivity index (χ1) is 9.97. The summed E-state index contributed by atoms with van der Waals surface area (Å²) in [6.07, 6.45) is 5.07. The summed E-state index contributed by atoms with van der Waals surface area (Å²) in [4.78, 5) is 13.2. The van der Waals surface area contributed by atoms with E-state index in [1.54, 1.807) is 11.3 Å². The van der Waals surface area contributed by atoms with E-state index in [-0.39, 0.29) is 5.91 Å². The molecule has 118 valence electrons. The van der Waals surface area contributed by atoms with Crippen LogP contribution in [0.1, 0.15) is 51.3 Å². The maximum absolute atomic E-state index is 12.0. The Balaban J connectivity index is 1.76. The van der Waals surface area contributed by atoms with E-state index in [0.717, 1.165) is 0 Å². The fourth-order valence-electron chi connectivity index (χ4n) is 3.30. The molecule has 0 spiro atoms. The van der Waals surface area contributed by atoms with Crippen molar-refractivity contribution in [1.82, 2.24) is 10.6 Å². The molecule has 1 saturated carbocycles. The lowest BCUT2D eigenvalue weighted by molar-refractivity contribution is -0.120. The Kier molecular flexibility index (Phi) is 5.82. The Hall–Kier alpha value is -0.870. The molecule has 1 aliphatic rings. The lowest BCUT2D eigenvalue weighted by Crippen LogP contribution is -2.47. The van der Waals surface area contributed by atoms with Crippen molar-refractivity contribution < 1.29 is 4.79 Å². The van der Waals surface area contributed by atoms with Crippen molar-refractivity contribution in [3.8, 4) is 0 Å². The van der Waals surface area contributed by atoms with Crippen LogP contribution < -0.4 is 10.6 Å². The summed E-state index contributed by atoms with van der Waals surface area (Å²) >= 11 is 1.68. The van der Waals surface area contributed by atoms with Crippen molar-refractivity contribution in [2.45, 2.75) is 59.0 Å². The van der Waals surface area contributed by atoms with Crippen LogP contribution in [-0.2, 0) is 11.3 Å². The maximum atomic E-state index is 12.0. The van der Waals surface area contributed by atoms with E-state index in [9.17, 15) is 4.79 Å². The van der Waals surface area contributed by atoms with Crippen LogP contribution >= 0.6 is 11.3 Å². The number of thiophene rings is 1. The highest BCUT2D eigenvalue weighted by molar-refractivity contribution is 7.09. The largest absolute Gasteiger partial charge is 0.350 e. The molecule has 0 bridgehead atoms. The number of hydrogen-bond donors (Lipinski definition) is 2. The van der Waals surface area contributed by atoms with Crippen LogP contribution in [0.5, 0.6) is 0 Å². The molecule has 2 N–H and O–H groups in total. The van der Waals surface area contributed by atoms with Crippen LogP contribution in [0.4, 0.5) is 0 Å². The Labute approximate surface area is 132 Å². The van der Waals surface area contributed by atoms with Crippen LogP contribution in [0.25, 0.3) is 0 Å². The average Bonchev–Trinajstić information content (AvgIpc) is 2.95. The highest BCUT2D eigenvalue weighted by Crippen LogP contribution is 2.37. The molecule has 1 heterocycles. The molecule has 1 aromatic rings. The van der Waals surface area contributed by atoms with E-state index in [2.05, 4.69) is 37.5 Å². The van der Waals surface area contributed by atoms with Gasteiger partial charge in [-0.25, -0.2) is 0 Å². The molecule has 2 rings (SSSR count). The molecular formula is C17H28N2OS. The summed E-state index contributed by atoms with van der Waals surface area (Å²) < 4.78 is 0. The quantitative estimate of drug-likeness (QED) is 0.873. The minimum Gasteiger partial charge on any atom is -0.350 e. The second-order valence-electron chi connectivity index (χ2n) is 7.10. The van der Waals surface area contributed by atoms with Gasteiger partial charge in [-0.1, -0.05) is 39.7 Å². The lowest BCUT2D eigenvalue weighted by atomic mass is 9.69. The zero-order chi connectivity index (χ0) is 15.3. The molecule has 1 amide bonds. The zero-order valence-corrected chi connectivity index (χ0v) is 14.3. The van der Waals surface area contributed by atoms with E-state index < -0.39 is 0 Å². The van der Waals surface area contributed by atoms with E-state index in [0.29, 0.717) is 30.5 Å². The highest BCUT2D eigenvalue weighted by Gasteiger charge is 2.33. The summed E-state index contributed by atoms with van der Waals surface area (Å²) in [6, 6.07) is 4.54. The zero-order valence-electron chi connectivity index (χ0n) is 13.4. The van der Waals surface area contributed by atoms with Gasteiger partial charge in [0.2, 0.25) is 5.91 Å². The first-order valence-electron chi connectivity index (χ1n) is 7.99. The van der Waals surface area contributed by atoms with E-state index in [1.807, 2.05) is 11.4 Å². The molecule has 0 aliphatic heterocycles. The first kappa shape index (κ1) is 16.5. The molecule has 1 aromatic heterocycles. The van der Waals surface area contributed by atoms with Gasteiger partial charge < -0.3 is 10.6 Å². The fraction of sp³-hybridized carbons (Fsp3) is 0.706. The van der Waals surface area contributed by atoms with Crippen molar-refractivity contribution in [3.05, 3.63) is 22.4 Å². The molecular weight excluding hydrogens is 280 g/mol. The topological polar surface area (TPSA) is 41.1 Å². The number of amides is 1. The number of nitrogens with one attached hydrogen (secondary N) is 2. The van der Waals surface area contributed by atoms with Crippen molar-refractivity contribution in [2.75, 3.05) is 6.54 Å². The summed E-state index contributed by atoms with van der Waals surface area (Å²) in [5.41, 5.74) is 0.311. The number of carbonyl (C=O) groups excluding carboxylic acids is 1. The van der Waals surface area contributed by atoms with Crippen LogP contribution in [0.2, 0.25) is 0 Å². The van der Waals surface area contributed by atoms with E-state index >= 15 is 0 Å². The Morgan fingerprint density at radius 1 is 1.33 bits per heavy atom. The Bertz CT molecular complexity index is 436. The molecule has 0 aromatic carbocycles. The predicted octanol–water partition coefficient (Wildman–Crippen LogP) is 3.56. The molecule has 21 heavy (non-hydrogen) atoms. The number of hydrogen-bond acceptors (Lipinski definition) is 3. The van der Waals surface area contributed by atoms with E-state index in [1.165, 1.54) is 30.6 Å². The second kappa shape index (κ2) is 7.41. The smallest absolute Gasteiger partial charge is 0.234 e. The molecule has 2 atom stereocenters. The van der Waals surface area contributed by atoms with Gasteiger partial charge in [0.1, 0.15) is 0 Å². The third-order valence-corrected chi connectivity index (χ3v) is 5.32. The minimum absolute atomic E-state index is 0.0987. The third kappa shape index (κ3) is 5.11. The Morgan fingerprint density at radius 3 is 2.76 bits per heavy atom. The van der Waals surface area contributed by atoms with Gasteiger partial charge in [0.05, 0.1) is 13.1 Å². The number of carbonyl (C=O) groups is 1. The molecule has 4 heteroatoms. The molecule has 1 fully saturated rings. The van der Waals surface area contributed by atoms with Gasteiger partial charge in [-0.05, 0) is 35.6 Å². The van der Waals surface area contributed by atoms with Gasteiger partial charge in [0.15, 0.2) is 0 Å². The standard InChI is InChI=1S/C17H28N2OS/c1-17(2,3)14-8-4-5-9-15(14)18-12-16(20)19-11-13-7-6-10-21-13/h6-7,10,14-15,18H,4-5,8-9,11-12H2,1-3H3,(H,19,20). The van der Waals surface area contributed by atoms with Crippen molar-refractivity contribution >= 4 is 17.2 Å². The van der Waals surface area contributed by atoms with Crippen LogP contribution in [0.3, 0.4) is 0 Å². The molecule has 2 unspecified atom stereocenters. The van der Waals surface area contributed by atoms with Crippen LogP contribution in [0, 0.1) is 11.3 Å². The normalized spacial score (nSPS) is 23.0. The molecule has 3 nitrogen and oxygen atoms in total. The molecule has 0 radical (unpaired) electrons. The minimum atomic E-state index is 0.0987. The van der Waals surface area contributed by atoms with Gasteiger partial charge in [0.25, 0.3) is 0 Å². The lowest BCUT2D eigenvalue weighted by Gasteiger charge is -2.40. The van der Waals surface area contributed by atoms with Crippen molar-refractivity contribution in [1.29, 1.82) is 0 Å². The van der Waals surface area contributed by atoms with E-state index in [4.69, 9.17) is 0 Å². The molecule has 1 aliphatic carbocycles. The van der Waals surface area contributed by atoms with Gasteiger partial charge in [-0.15, -0.1) is 11.3 Å². The first-order valence-corrected chi connectivity index (χ1v) is 8.87. The van der Waals surface area contributed by atoms with Crippen molar-refractivity contribution in [3.63, 3.8) is 0 Å². The number of rotatable bonds is 5. The summed E-state index contributed by atoms with van der Waals surface area (Å²) in [7, 11) is 0. The van der Waals surface area contributed by atoms with Gasteiger partial charge in [-0.3, -0.25) is 4.79 Å². The Morgan fingerprint density at radius 2 is 2.10 bits per heavy atom. The van der Waals surface area contributed by atoms with Crippen LogP contribution in [0.15, 0.2) is 17.5 Å². The fourth-order valence-corrected chi connectivity index (χ4v) is 3.94. The molecule has 0 saturated heterocycles. The van der Waals surface area contributed by atoms with Gasteiger partial charge >= 0.3 is 0 Å². The monoisotopic (exact) mass is 308 g/mol. The van der Waals surface area contributed by atoms with Gasteiger partial charge in [-0.2, -0.15) is 0 Å². The van der Waals surface area contributed by atoms with Crippen LogP contribution in [-0.4, -0.2) is 18.5 Å². The maximum Gasteiger partial charge on any atom is 0.234 e.